The lowest BCUT2D eigenvalue weighted by Crippen LogP contribution is -2.27. The normalized spacial score (nSPS) is 10.7. The Bertz CT molecular complexity index is 766. The fourth-order valence-corrected chi connectivity index (χ4v) is 3.33. The van der Waals surface area contributed by atoms with Crippen LogP contribution in [0.1, 0.15) is 11.3 Å². The molecule has 6 heteroatoms. The molecule has 3 rings (SSSR count). The molecule has 2 N–H and O–H groups in total. The van der Waals surface area contributed by atoms with Crippen molar-refractivity contribution < 1.29 is 4.79 Å². The summed E-state index contributed by atoms with van der Waals surface area (Å²) in [5, 5.41) is 5.00. The van der Waals surface area contributed by atoms with E-state index < -0.39 is 0 Å². The van der Waals surface area contributed by atoms with Crippen LogP contribution in [0, 0.1) is 0 Å². The van der Waals surface area contributed by atoms with Crippen LogP contribution in [0.3, 0.4) is 0 Å². The Morgan fingerprint density at radius 1 is 1.26 bits per heavy atom. The van der Waals surface area contributed by atoms with Crippen LogP contribution in [0.5, 0.6) is 0 Å². The van der Waals surface area contributed by atoms with Gasteiger partial charge in [-0.25, -0.2) is 4.98 Å². The average molecular weight is 390 g/mol. The molecule has 1 amide bonds. The van der Waals surface area contributed by atoms with Crippen molar-refractivity contribution in [2.24, 2.45) is 0 Å². The van der Waals surface area contributed by atoms with Crippen LogP contribution >= 0.6 is 27.3 Å². The Kier molecular flexibility index (Phi) is 5.25. The van der Waals surface area contributed by atoms with Crippen molar-refractivity contribution in [3.05, 3.63) is 63.8 Å². The lowest BCUT2D eigenvalue weighted by Gasteiger charge is -2.06. The van der Waals surface area contributed by atoms with Gasteiger partial charge in [0.05, 0.1) is 17.6 Å². The van der Waals surface area contributed by atoms with E-state index in [0.717, 1.165) is 32.7 Å². The van der Waals surface area contributed by atoms with Crippen LogP contribution in [-0.4, -0.2) is 22.4 Å². The fourth-order valence-electron chi connectivity index (χ4n) is 2.31. The van der Waals surface area contributed by atoms with Crippen molar-refractivity contribution in [3.8, 4) is 10.6 Å². The van der Waals surface area contributed by atoms with Crippen LogP contribution in [0.15, 0.2) is 52.6 Å². The maximum Gasteiger partial charge on any atom is 0.224 e. The summed E-state index contributed by atoms with van der Waals surface area (Å²) in [7, 11) is 0. The minimum absolute atomic E-state index is 0.0320. The van der Waals surface area contributed by atoms with Crippen molar-refractivity contribution in [3.63, 3.8) is 0 Å². The highest BCUT2D eigenvalue weighted by atomic mass is 79.9. The maximum absolute atomic E-state index is 12.0. The van der Waals surface area contributed by atoms with Crippen LogP contribution in [0.25, 0.3) is 10.6 Å². The summed E-state index contributed by atoms with van der Waals surface area (Å²) in [4.78, 5) is 20.7. The van der Waals surface area contributed by atoms with E-state index in [1.165, 1.54) is 0 Å². The molecule has 2 aromatic heterocycles. The number of carbonyl (C=O) groups excluding carboxylic acids is 1. The number of nitrogens with one attached hydrogen (secondary N) is 2. The monoisotopic (exact) mass is 389 g/mol. The number of imidazole rings is 1. The molecular formula is C17H16BrN3OS. The van der Waals surface area contributed by atoms with Gasteiger partial charge in [-0.1, -0.05) is 34.1 Å². The number of halogens is 1. The van der Waals surface area contributed by atoms with Gasteiger partial charge in [0.25, 0.3) is 0 Å². The van der Waals surface area contributed by atoms with Crippen LogP contribution in [-0.2, 0) is 17.6 Å². The zero-order valence-corrected chi connectivity index (χ0v) is 14.8. The van der Waals surface area contributed by atoms with Crippen LogP contribution in [0.4, 0.5) is 0 Å². The number of aromatic amines is 1. The summed E-state index contributed by atoms with van der Waals surface area (Å²) in [6.07, 6.45) is 2.83. The number of amides is 1. The van der Waals surface area contributed by atoms with Gasteiger partial charge in [-0.05, 0) is 29.1 Å². The molecule has 1 aromatic carbocycles. The molecule has 118 valence electrons. The summed E-state index contributed by atoms with van der Waals surface area (Å²) in [6.45, 7) is 0.593. The number of carbonyl (C=O) groups is 1. The van der Waals surface area contributed by atoms with Crippen molar-refractivity contribution in [1.82, 2.24) is 15.3 Å². The number of hydrogen-bond donors (Lipinski definition) is 2. The Morgan fingerprint density at radius 3 is 2.83 bits per heavy atom. The second-order valence-corrected chi connectivity index (χ2v) is 6.97. The molecule has 4 nitrogen and oxygen atoms in total. The molecular weight excluding hydrogens is 374 g/mol. The Hall–Kier alpha value is -1.92. The molecule has 0 aliphatic heterocycles. The van der Waals surface area contributed by atoms with Crippen molar-refractivity contribution in [2.45, 2.75) is 12.8 Å². The Morgan fingerprint density at radius 2 is 2.09 bits per heavy atom. The molecule has 0 spiro atoms. The fraction of sp³-hybridized carbons (Fsp3) is 0.176. The Balaban J connectivity index is 1.51. The summed E-state index contributed by atoms with van der Waals surface area (Å²) in [5.41, 5.74) is 3.03. The molecule has 0 saturated heterocycles. The maximum atomic E-state index is 12.0. The van der Waals surface area contributed by atoms with E-state index >= 15 is 0 Å². The quantitative estimate of drug-likeness (QED) is 0.673. The number of aromatic nitrogens is 2. The first-order valence-electron chi connectivity index (χ1n) is 7.29. The Labute approximate surface area is 147 Å². The number of H-pyrrole nitrogens is 1. The first-order valence-corrected chi connectivity index (χ1v) is 8.97. The molecule has 23 heavy (non-hydrogen) atoms. The zero-order chi connectivity index (χ0) is 16.1. The number of thiophene rings is 1. The van der Waals surface area contributed by atoms with Gasteiger partial charge in [0.2, 0.25) is 5.91 Å². The SMILES string of the molecule is O=C(Cc1ccc(Br)cc1)NCCc1[nH]cnc1-c1cccs1. The minimum atomic E-state index is 0.0320. The van der Waals surface area contributed by atoms with Crippen molar-refractivity contribution in [2.75, 3.05) is 6.54 Å². The number of hydrogen-bond acceptors (Lipinski definition) is 3. The van der Waals surface area contributed by atoms with Crippen LogP contribution in [0.2, 0.25) is 0 Å². The minimum Gasteiger partial charge on any atom is -0.355 e. The zero-order valence-electron chi connectivity index (χ0n) is 12.4. The third-order valence-corrected chi connectivity index (χ3v) is 4.85. The average Bonchev–Trinajstić information content (AvgIpc) is 3.20. The molecule has 0 aliphatic carbocycles. The summed E-state index contributed by atoms with van der Waals surface area (Å²) >= 11 is 5.05. The number of rotatable bonds is 6. The van der Waals surface area contributed by atoms with Crippen LogP contribution < -0.4 is 5.32 Å². The molecule has 0 saturated carbocycles. The number of nitrogens with zero attached hydrogens (tertiary/aromatic N) is 1. The summed E-state index contributed by atoms with van der Waals surface area (Å²) < 4.78 is 1.02. The van der Waals surface area contributed by atoms with E-state index in [0.29, 0.717) is 13.0 Å². The van der Waals surface area contributed by atoms with Gasteiger partial charge in [0.1, 0.15) is 5.69 Å². The first kappa shape index (κ1) is 16.0. The van der Waals surface area contributed by atoms with E-state index in [9.17, 15) is 4.79 Å². The highest BCUT2D eigenvalue weighted by Gasteiger charge is 2.09. The second kappa shape index (κ2) is 7.57. The molecule has 0 bridgehead atoms. The lowest BCUT2D eigenvalue weighted by atomic mass is 10.1. The largest absolute Gasteiger partial charge is 0.355 e. The van der Waals surface area contributed by atoms with E-state index in [1.807, 2.05) is 35.7 Å². The summed E-state index contributed by atoms with van der Waals surface area (Å²) in [6, 6.07) is 11.9. The molecule has 0 fully saturated rings. The predicted octanol–water partition coefficient (Wildman–Crippen LogP) is 3.80. The number of benzene rings is 1. The van der Waals surface area contributed by atoms with E-state index in [4.69, 9.17) is 0 Å². The summed E-state index contributed by atoms with van der Waals surface area (Å²) in [5.74, 6) is 0.0320. The smallest absolute Gasteiger partial charge is 0.224 e. The highest BCUT2D eigenvalue weighted by molar-refractivity contribution is 9.10. The molecule has 0 radical (unpaired) electrons. The van der Waals surface area contributed by atoms with Crippen molar-refractivity contribution in [1.29, 1.82) is 0 Å². The molecule has 0 unspecified atom stereocenters. The standard InChI is InChI=1S/C17H16BrN3OS/c18-13-5-3-12(4-6-13)10-16(22)19-8-7-14-17(21-11-20-14)15-2-1-9-23-15/h1-6,9,11H,7-8,10H2,(H,19,22)(H,20,21). The molecule has 2 heterocycles. The van der Waals surface area contributed by atoms with Gasteiger partial charge in [-0.15, -0.1) is 11.3 Å². The second-order valence-electron chi connectivity index (χ2n) is 5.11. The highest BCUT2D eigenvalue weighted by Crippen LogP contribution is 2.25. The lowest BCUT2D eigenvalue weighted by molar-refractivity contribution is -0.120. The van der Waals surface area contributed by atoms with Crippen molar-refractivity contribution >= 4 is 33.2 Å². The van der Waals surface area contributed by atoms with E-state index in [2.05, 4.69) is 37.3 Å². The van der Waals surface area contributed by atoms with Gasteiger partial charge < -0.3 is 10.3 Å². The topological polar surface area (TPSA) is 57.8 Å². The molecule has 0 aliphatic rings. The molecule has 0 atom stereocenters. The first-order chi connectivity index (χ1) is 11.2. The van der Waals surface area contributed by atoms with Gasteiger partial charge in [-0.3, -0.25) is 4.79 Å². The third kappa shape index (κ3) is 4.30. The van der Waals surface area contributed by atoms with E-state index in [-0.39, 0.29) is 5.91 Å². The third-order valence-electron chi connectivity index (χ3n) is 3.45. The van der Waals surface area contributed by atoms with Gasteiger partial charge in [-0.2, -0.15) is 0 Å². The van der Waals surface area contributed by atoms with E-state index in [1.54, 1.807) is 17.7 Å². The van der Waals surface area contributed by atoms with Gasteiger partial charge in [0, 0.05) is 23.1 Å². The molecule has 3 aromatic rings. The predicted molar refractivity (Wildman–Crippen MR) is 96.5 cm³/mol. The van der Waals surface area contributed by atoms with Gasteiger partial charge >= 0.3 is 0 Å². The van der Waals surface area contributed by atoms with Gasteiger partial charge in [0.15, 0.2) is 0 Å².